The highest BCUT2D eigenvalue weighted by Gasteiger charge is 2.21. The molecule has 6 nitrogen and oxygen atoms in total. The first-order valence-electron chi connectivity index (χ1n) is 5.04. The molecule has 17 heavy (non-hydrogen) atoms. The number of carboxylic acids is 1. The van der Waals surface area contributed by atoms with E-state index in [0.29, 0.717) is 11.4 Å². The van der Waals surface area contributed by atoms with Gasteiger partial charge in [-0.1, -0.05) is 6.92 Å². The zero-order valence-corrected chi connectivity index (χ0v) is 9.34. The molecular formula is C11H14N2O4. The van der Waals surface area contributed by atoms with Gasteiger partial charge in [-0.25, -0.2) is 9.59 Å². The molecule has 0 aliphatic heterocycles. The number of anilines is 2. The Labute approximate surface area is 98.2 Å². The van der Waals surface area contributed by atoms with Crippen LogP contribution < -0.4 is 11.5 Å². The minimum atomic E-state index is -1.18. The van der Waals surface area contributed by atoms with Crippen molar-refractivity contribution in [1.82, 2.24) is 0 Å². The lowest BCUT2D eigenvalue weighted by Gasteiger charge is -2.12. The molecule has 0 spiro atoms. The number of hydrogen-bond acceptors (Lipinski definition) is 5. The molecule has 0 fully saturated rings. The molecule has 0 radical (unpaired) electrons. The topological polar surface area (TPSA) is 116 Å². The van der Waals surface area contributed by atoms with Crippen molar-refractivity contribution >= 4 is 23.3 Å². The first kappa shape index (κ1) is 12.8. The second-order valence-electron chi connectivity index (χ2n) is 3.53. The highest BCUT2D eigenvalue weighted by Crippen LogP contribution is 2.15. The predicted octanol–water partition coefficient (Wildman–Crippen LogP) is 0.871. The van der Waals surface area contributed by atoms with Crippen LogP contribution in [0.1, 0.15) is 23.7 Å². The molecule has 1 atom stereocenters. The van der Waals surface area contributed by atoms with Crippen molar-refractivity contribution in [3.05, 3.63) is 23.8 Å². The Kier molecular flexibility index (Phi) is 3.92. The van der Waals surface area contributed by atoms with Gasteiger partial charge in [-0.05, 0) is 24.6 Å². The Morgan fingerprint density at radius 1 is 1.29 bits per heavy atom. The van der Waals surface area contributed by atoms with Crippen molar-refractivity contribution < 1.29 is 19.4 Å². The average molecular weight is 238 g/mol. The summed E-state index contributed by atoms with van der Waals surface area (Å²) in [5, 5.41) is 8.75. The molecule has 1 aromatic rings. The average Bonchev–Trinajstić information content (AvgIpc) is 2.23. The molecule has 5 N–H and O–H groups in total. The van der Waals surface area contributed by atoms with Gasteiger partial charge in [-0.2, -0.15) is 0 Å². The van der Waals surface area contributed by atoms with Gasteiger partial charge in [-0.3, -0.25) is 0 Å². The number of carbonyl (C=O) groups is 2. The molecule has 0 amide bonds. The van der Waals surface area contributed by atoms with Crippen LogP contribution in [-0.2, 0) is 9.53 Å². The van der Waals surface area contributed by atoms with Gasteiger partial charge in [0.05, 0.1) is 5.56 Å². The number of ether oxygens (including phenoxy) is 1. The zero-order chi connectivity index (χ0) is 13.0. The molecule has 0 saturated heterocycles. The molecule has 1 rings (SSSR count). The van der Waals surface area contributed by atoms with E-state index in [4.69, 9.17) is 21.3 Å². The fraction of sp³-hybridized carbons (Fsp3) is 0.273. The summed E-state index contributed by atoms with van der Waals surface area (Å²) < 4.78 is 4.81. The van der Waals surface area contributed by atoms with Gasteiger partial charge in [-0.15, -0.1) is 0 Å². The van der Waals surface area contributed by atoms with Crippen molar-refractivity contribution in [2.45, 2.75) is 19.4 Å². The van der Waals surface area contributed by atoms with Gasteiger partial charge >= 0.3 is 11.9 Å². The summed E-state index contributed by atoms with van der Waals surface area (Å²) in [6.07, 6.45) is -0.969. The van der Waals surface area contributed by atoms with Crippen LogP contribution in [0.4, 0.5) is 11.4 Å². The van der Waals surface area contributed by atoms with Crippen molar-refractivity contribution in [3.8, 4) is 0 Å². The first-order valence-corrected chi connectivity index (χ1v) is 5.04. The quantitative estimate of drug-likeness (QED) is 0.529. The van der Waals surface area contributed by atoms with Crippen LogP contribution in [-0.4, -0.2) is 23.1 Å². The third-order valence-corrected chi connectivity index (χ3v) is 2.11. The van der Waals surface area contributed by atoms with Crippen LogP contribution in [0.2, 0.25) is 0 Å². The van der Waals surface area contributed by atoms with Gasteiger partial charge in [0.15, 0.2) is 6.10 Å². The highest BCUT2D eigenvalue weighted by atomic mass is 16.6. The van der Waals surface area contributed by atoms with E-state index in [9.17, 15) is 9.59 Å². The number of benzene rings is 1. The normalized spacial score (nSPS) is 11.8. The van der Waals surface area contributed by atoms with Gasteiger partial charge < -0.3 is 21.3 Å². The summed E-state index contributed by atoms with van der Waals surface area (Å²) in [7, 11) is 0. The third kappa shape index (κ3) is 3.37. The Balaban J connectivity index is 2.86. The molecule has 0 aromatic heterocycles. The molecule has 0 heterocycles. The predicted molar refractivity (Wildman–Crippen MR) is 62.4 cm³/mol. The number of carbonyl (C=O) groups excluding carboxylic acids is 1. The van der Waals surface area contributed by atoms with Crippen LogP contribution in [0.3, 0.4) is 0 Å². The fourth-order valence-corrected chi connectivity index (χ4v) is 1.30. The van der Waals surface area contributed by atoms with Crippen LogP contribution in [0, 0.1) is 0 Å². The van der Waals surface area contributed by atoms with Crippen LogP contribution in [0.25, 0.3) is 0 Å². The summed E-state index contributed by atoms with van der Waals surface area (Å²) in [5.41, 5.74) is 11.8. The minimum Gasteiger partial charge on any atom is -0.479 e. The van der Waals surface area contributed by atoms with Crippen molar-refractivity contribution in [2.75, 3.05) is 11.5 Å². The number of hydrogen-bond donors (Lipinski definition) is 3. The first-order chi connectivity index (χ1) is 7.93. The standard InChI is InChI=1S/C11H14N2O4/c1-2-9(10(14)15)17-11(16)6-3-7(12)5-8(13)4-6/h3-5,9H,2,12-13H2,1H3,(H,14,15). The molecule has 6 heteroatoms. The second kappa shape index (κ2) is 5.20. The van der Waals surface area contributed by atoms with Gasteiger partial charge in [0.2, 0.25) is 0 Å². The fourth-order valence-electron chi connectivity index (χ4n) is 1.30. The summed E-state index contributed by atoms with van der Waals surface area (Å²) in [6, 6.07) is 4.26. The van der Waals surface area contributed by atoms with Gasteiger partial charge in [0.25, 0.3) is 0 Å². The smallest absolute Gasteiger partial charge is 0.345 e. The molecule has 92 valence electrons. The van der Waals surface area contributed by atoms with E-state index in [1.807, 2.05) is 0 Å². The monoisotopic (exact) mass is 238 g/mol. The van der Waals surface area contributed by atoms with E-state index in [2.05, 4.69) is 0 Å². The molecule has 0 bridgehead atoms. The minimum absolute atomic E-state index is 0.141. The number of rotatable bonds is 4. The number of nitrogen functional groups attached to an aromatic ring is 2. The number of nitrogens with two attached hydrogens (primary N) is 2. The van der Waals surface area contributed by atoms with Crippen LogP contribution in [0.5, 0.6) is 0 Å². The van der Waals surface area contributed by atoms with Crippen LogP contribution >= 0.6 is 0 Å². The maximum atomic E-state index is 11.6. The number of carboxylic acid groups (broad SMARTS) is 1. The zero-order valence-electron chi connectivity index (χ0n) is 9.34. The Morgan fingerprint density at radius 2 is 1.82 bits per heavy atom. The SMILES string of the molecule is CCC(OC(=O)c1cc(N)cc(N)c1)C(=O)O. The Hall–Kier alpha value is -2.24. The van der Waals surface area contributed by atoms with E-state index < -0.39 is 18.0 Å². The number of aliphatic carboxylic acids is 1. The van der Waals surface area contributed by atoms with Crippen molar-refractivity contribution in [3.63, 3.8) is 0 Å². The maximum absolute atomic E-state index is 11.6. The Morgan fingerprint density at radius 3 is 2.24 bits per heavy atom. The highest BCUT2D eigenvalue weighted by molar-refractivity contribution is 5.93. The maximum Gasteiger partial charge on any atom is 0.345 e. The summed E-state index contributed by atoms with van der Waals surface area (Å²) >= 11 is 0. The van der Waals surface area contributed by atoms with Gasteiger partial charge in [0, 0.05) is 11.4 Å². The summed E-state index contributed by atoms with van der Waals surface area (Å²) in [5.74, 6) is -1.93. The molecule has 0 aliphatic carbocycles. The van der Waals surface area contributed by atoms with E-state index in [1.165, 1.54) is 18.2 Å². The second-order valence-corrected chi connectivity index (χ2v) is 3.53. The number of esters is 1. The van der Waals surface area contributed by atoms with Gasteiger partial charge in [0.1, 0.15) is 0 Å². The lowest BCUT2D eigenvalue weighted by atomic mass is 10.2. The lowest BCUT2D eigenvalue weighted by Crippen LogP contribution is -2.26. The molecule has 0 aliphatic rings. The summed E-state index contributed by atoms with van der Waals surface area (Å²) in [4.78, 5) is 22.3. The van der Waals surface area contributed by atoms with Crippen molar-refractivity contribution in [1.29, 1.82) is 0 Å². The molecule has 1 aromatic carbocycles. The van der Waals surface area contributed by atoms with E-state index in [1.54, 1.807) is 6.92 Å². The van der Waals surface area contributed by atoms with E-state index in [-0.39, 0.29) is 12.0 Å². The Bertz CT molecular complexity index is 425. The van der Waals surface area contributed by atoms with E-state index >= 15 is 0 Å². The largest absolute Gasteiger partial charge is 0.479 e. The molecular weight excluding hydrogens is 224 g/mol. The van der Waals surface area contributed by atoms with Crippen LogP contribution in [0.15, 0.2) is 18.2 Å². The third-order valence-electron chi connectivity index (χ3n) is 2.11. The lowest BCUT2D eigenvalue weighted by molar-refractivity contribution is -0.147. The molecule has 0 saturated carbocycles. The van der Waals surface area contributed by atoms with Crippen molar-refractivity contribution in [2.24, 2.45) is 0 Å². The molecule has 1 unspecified atom stereocenters. The van der Waals surface area contributed by atoms with E-state index in [0.717, 1.165) is 0 Å². The summed E-state index contributed by atoms with van der Waals surface area (Å²) in [6.45, 7) is 1.61.